The molecule has 110 valence electrons. The first-order valence-corrected chi connectivity index (χ1v) is 7.08. The molecule has 5 nitrogen and oxygen atoms in total. The van der Waals surface area contributed by atoms with Crippen LogP contribution < -0.4 is 4.74 Å². The van der Waals surface area contributed by atoms with E-state index in [1.54, 1.807) is 37.3 Å². The first-order valence-electron chi connectivity index (χ1n) is 6.29. The zero-order valence-electron chi connectivity index (χ0n) is 11.5. The Hall–Kier alpha value is -1.92. The van der Waals surface area contributed by atoms with Crippen molar-refractivity contribution in [1.82, 2.24) is 0 Å². The van der Waals surface area contributed by atoms with Crippen molar-refractivity contribution >= 4 is 21.6 Å². The van der Waals surface area contributed by atoms with Crippen molar-refractivity contribution < 1.29 is 14.8 Å². The molecule has 1 atom stereocenters. The summed E-state index contributed by atoms with van der Waals surface area (Å²) in [6.45, 7) is 3.50. The molecule has 0 aliphatic carbocycles. The van der Waals surface area contributed by atoms with Gasteiger partial charge in [0.1, 0.15) is 5.75 Å². The minimum absolute atomic E-state index is 0.0867. The van der Waals surface area contributed by atoms with Crippen LogP contribution in [0.1, 0.15) is 24.2 Å². The molecule has 6 heteroatoms. The molecule has 0 fully saturated rings. The molecular weight excluding hydrogens is 338 g/mol. The van der Waals surface area contributed by atoms with Gasteiger partial charge in [-0.15, -0.1) is 0 Å². The third kappa shape index (κ3) is 3.59. The highest BCUT2D eigenvalue weighted by Gasteiger charge is 2.16. The van der Waals surface area contributed by atoms with E-state index >= 15 is 0 Å². The Balaban J connectivity index is 2.36. The smallest absolute Gasteiger partial charge is 0.311 e. The van der Waals surface area contributed by atoms with E-state index in [4.69, 9.17) is 4.74 Å². The van der Waals surface area contributed by atoms with Crippen molar-refractivity contribution in [3.8, 4) is 11.5 Å². The van der Waals surface area contributed by atoms with E-state index in [9.17, 15) is 15.2 Å². The summed E-state index contributed by atoms with van der Waals surface area (Å²) in [6.07, 6.45) is -0.610. The number of rotatable bonds is 4. The van der Waals surface area contributed by atoms with Crippen molar-refractivity contribution in [2.45, 2.75) is 20.0 Å². The number of hydrogen-bond acceptors (Lipinski definition) is 4. The predicted molar refractivity (Wildman–Crippen MR) is 82.7 cm³/mol. The molecule has 0 saturated heterocycles. The summed E-state index contributed by atoms with van der Waals surface area (Å²) in [5.41, 5.74) is 1.51. The van der Waals surface area contributed by atoms with E-state index in [0.717, 1.165) is 11.1 Å². The van der Waals surface area contributed by atoms with E-state index in [-0.39, 0.29) is 11.4 Å². The minimum Gasteiger partial charge on any atom is -0.450 e. The maximum Gasteiger partial charge on any atom is 0.311 e. The summed E-state index contributed by atoms with van der Waals surface area (Å²) < 4.78 is 6.30. The first-order chi connectivity index (χ1) is 9.88. The Kier molecular flexibility index (Phi) is 4.59. The highest BCUT2D eigenvalue weighted by atomic mass is 79.9. The first kappa shape index (κ1) is 15.5. The normalized spacial score (nSPS) is 12.0. The summed E-state index contributed by atoms with van der Waals surface area (Å²) in [7, 11) is 0. The summed E-state index contributed by atoms with van der Waals surface area (Å²) >= 11 is 3.35. The molecule has 0 aliphatic heterocycles. The quantitative estimate of drug-likeness (QED) is 0.649. The Morgan fingerprint density at radius 1 is 1.29 bits per heavy atom. The van der Waals surface area contributed by atoms with Crippen LogP contribution in [0.2, 0.25) is 0 Å². The number of ether oxygens (including phenoxy) is 1. The topological polar surface area (TPSA) is 72.6 Å². The number of benzene rings is 2. The van der Waals surface area contributed by atoms with Gasteiger partial charge in [0.2, 0.25) is 5.75 Å². The van der Waals surface area contributed by atoms with Gasteiger partial charge in [-0.1, -0.05) is 28.1 Å². The van der Waals surface area contributed by atoms with Crippen LogP contribution in [0.15, 0.2) is 40.9 Å². The zero-order valence-corrected chi connectivity index (χ0v) is 13.1. The van der Waals surface area contributed by atoms with Crippen molar-refractivity contribution in [3.05, 3.63) is 62.1 Å². The van der Waals surface area contributed by atoms with Gasteiger partial charge in [-0.05, 0) is 43.2 Å². The summed E-state index contributed by atoms with van der Waals surface area (Å²) in [4.78, 5) is 10.5. The highest BCUT2D eigenvalue weighted by molar-refractivity contribution is 9.10. The molecule has 0 aliphatic rings. The average molecular weight is 352 g/mol. The standard InChI is InChI=1S/C15H14BrNO4/c1-9-3-6-14(17(19)20)15(7-9)21-11-4-5-12(10(2)18)13(16)8-11/h3-8,10,18H,1-2H3/t10-/m1/s1. The SMILES string of the molecule is Cc1ccc([N+](=O)[O-])c(Oc2ccc([C@@H](C)O)c(Br)c2)c1. The molecule has 21 heavy (non-hydrogen) atoms. The lowest BCUT2D eigenvalue weighted by molar-refractivity contribution is -0.385. The average Bonchev–Trinajstić information content (AvgIpc) is 2.37. The van der Waals surface area contributed by atoms with E-state index in [0.29, 0.717) is 10.2 Å². The molecule has 2 aromatic rings. The second-order valence-electron chi connectivity index (χ2n) is 4.69. The van der Waals surface area contributed by atoms with Crippen LogP contribution in [0.4, 0.5) is 5.69 Å². The summed E-state index contributed by atoms with van der Waals surface area (Å²) in [6, 6.07) is 9.76. The number of hydrogen-bond donors (Lipinski definition) is 1. The second-order valence-corrected chi connectivity index (χ2v) is 5.54. The monoisotopic (exact) mass is 351 g/mol. The zero-order chi connectivity index (χ0) is 15.6. The Morgan fingerprint density at radius 3 is 2.57 bits per heavy atom. The van der Waals surface area contributed by atoms with Gasteiger partial charge in [0.25, 0.3) is 0 Å². The fraction of sp³-hybridized carbons (Fsp3) is 0.200. The Labute approximate surface area is 130 Å². The lowest BCUT2D eigenvalue weighted by Crippen LogP contribution is -1.96. The number of nitrogens with zero attached hydrogens (tertiary/aromatic N) is 1. The minimum atomic E-state index is -0.610. The molecular formula is C15H14BrNO4. The fourth-order valence-electron chi connectivity index (χ4n) is 1.89. The van der Waals surface area contributed by atoms with Crippen LogP contribution in [0.5, 0.6) is 11.5 Å². The second kappa shape index (κ2) is 6.24. The molecule has 0 aromatic heterocycles. The summed E-state index contributed by atoms with van der Waals surface area (Å²) in [5.74, 6) is 0.650. The molecule has 0 saturated carbocycles. The highest BCUT2D eigenvalue weighted by Crippen LogP contribution is 2.34. The molecule has 2 rings (SSSR count). The van der Waals surface area contributed by atoms with Gasteiger partial charge in [-0.25, -0.2) is 0 Å². The van der Waals surface area contributed by atoms with Gasteiger partial charge in [0, 0.05) is 10.5 Å². The third-order valence-corrected chi connectivity index (χ3v) is 3.65. The Morgan fingerprint density at radius 2 is 2.00 bits per heavy atom. The van der Waals surface area contributed by atoms with Crippen LogP contribution in [0, 0.1) is 17.0 Å². The number of aliphatic hydroxyl groups excluding tert-OH is 1. The summed E-state index contributed by atoms with van der Waals surface area (Å²) in [5, 5.41) is 20.6. The number of halogens is 1. The van der Waals surface area contributed by atoms with Crippen molar-refractivity contribution in [2.75, 3.05) is 0 Å². The molecule has 0 spiro atoms. The van der Waals surface area contributed by atoms with Gasteiger partial charge in [-0.2, -0.15) is 0 Å². The van der Waals surface area contributed by atoms with Gasteiger partial charge >= 0.3 is 5.69 Å². The predicted octanol–water partition coefficient (Wildman–Crippen LogP) is 4.51. The molecule has 0 amide bonds. The molecule has 0 bridgehead atoms. The van der Waals surface area contributed by atoms with Crippen LogP contribution in [-0.4, -0.2) is 10.0 Å². The van der Waals surface area contributed by atoms with Crippen LogP contribution in [-0.2, 0) is 0 Å². The van der Waals surface area contributed by atoms with E-state index in [1.807, 2.05) is 6.92 Å². The lowest BCUT2D eigenvalue weighted by atomic mass is 10.1. The van der Waals surface area contributed by atoms with E-state index < -0.39 is 11.0 Å². The fourth-order valence-corrected chi connectivity index (χ4v) is 2.58. The van der Waals surface area contributed by atoms with Gasteiger partial charge < -0.3 is 9.84 Å². The van der Waals surface area contributed by atoms with Gasteiger partial charge in [0.15, 0.2) is 0 Å². The Bertz CT molecular complexity index is 685. The maximum atomic E-state index is 11.0. The van der Waals surface area contributed by atoms with Crippen LogP contribution >= 0.6 is 15.9 Å². The largest absolute Gasteiger partial charge is 0.450 e. The van der Waals surface area contributed by atoms with Crippen molar-refractivity contribution in [3.63, 3.8) is 0 Å². The lowest BCUT2D eigenvalue weighted by Gasteiger charge is -2.11. The molecule has 0 unspecified atom stereocenters. The molecule has 0 heterocycles. The van der Waals surface area contributed by atoms with Crippen molar-refractivity contribution in [1.29, 1.82) is 0 Å². The molecule has 2 aromatic carbocycles. The number of nitro benzene ring substituents is 1. The van der Waals surface area contributed by atoms with Crippen LogP contribution in [0.3, 0.4) is 0 Å². The van der Waals surface area contributed by atoms with Crippen molar-refractivity contribution in [2.24, 2.45) is 0 Å². The number of aryl methyl sites for hydroxylation is 1. The maximum absolute atomic E-state index is 11.0. The number of aliphatic hydroxyl groups is 1. The molecule has 0 radical (unpaired) electrons. The third-order valence-electron chi connectivity index (χ3n) is 2.96. The number of nitro groups is 1. The van der Waals surface area contributed by atoms with Gasteiger partial charge in [-0.3, -0.25) is 10.1 Å². The van der Waals surface area contributed by atoms with Crippen LogP contribution in [0.25, 0.3) is 0 Å². The molecule has 1 N–H and O–H groups in total. The van der Waals surface area contributed by atoms with Gasteiger partial charge in [0.05, 0.1) is 11.0 Å². The van der Waals surface area contributed by atoms with E-state index in [2.05, 4.69) is 15.9 Å². The van der Waals surface area contributed by atoms with E-state index in [1.165, 1.54) is 6.07 Å².